The fourth-order valence-corrected chi connectivity index (χ4v) is 6.46. The molecule has 0 radical (unpaired) electrons. The molecule has 2 fully saturated rings. The summed E-state index contributed by atoms with van der Waals surface area (Å²) in [5, 5.41) is 0. The summed E-state index contributed by atoms with van der Waals surface area (Å²) < 4.78 is 39.4. The molecule has 0 spiro atoms. The molecule has 1 aliphatic carbocycles. The lowest BCUT2D eigenvalue weighted by Crippen LogP contribution is -2.39. The van der Waals surface area contributed by atoms with Crippen LogP contribution in [0.5, 0.6) is 11.5 Å². The van der Waals surface area contributed by atoms with Gasteiger partial charge in [0.2, 0.25) is 10.0 Å². The molecule has 2 aliphatic rings. The van der Waals surface area contributed by atoms with Crippen molar-refractivity contribution < 1.29 is 22.7 Å². The van der Waals surface area contributed by atoms with Crippen LogP contribution in [0.3, 0.4) is 0 Å². The number of rotatable bonds is 8. The van der Waals surface area contributed by atoms with Crippen molar-refractivity contribution in [2.75, 3.05) is 27.3 Å². The van der Waals surface area contributed by atoms with Crippen LogP contribution in [0.2, 0.25) is 0 Å². The van der Waals surface area contributed by atoms with Crippen molar-refractivity contribution in [3.05, 3.63) is 53.6 Å². The van der Waals surface area contributed by atoms with E-state index in [9.17, 15) is 13.2 Å². The highest BCUT2D eigenvalue weighted by Crippen LogP contribution is 2.29. The number of hydrogen-bond donors (Lipinski definition) is 1. The van der Waals surface area contributed by atoms with E-state index in [-0.39, 0.29) is 22.6 Å². The third kappa shape index (κ3) is 5.73. The number of benzene rings is 2. The number of carbonyl (C=O) groups is 1. The number of sulfonamides is 1. The molecule has 0 unspecified atom stereocenters. The highest BCUT2D eigenvalue weighted by molar-refractivity contribution is 7.89. The van der Waals surface area contributed by atoms with Crippen molar-refractivity contribution in [1.29, 1.82) is 0 Å². The maximum absolute atomic E-state index is 13.2. The second-order valence-electron chi connectivity index (χ2n) is 9.26. The number of amides is 1. The van der Waals surface area contributed by atoms with Crippen molar-refractivity contribution >= 4 is 15.9 Å². The summed E-state index contributed by atoms with van der Waals surface area (Å²) >= 11 is 0. The predicted molar refractivity (Wildman–Crippen MR) is 131 cm³/mol. The maximum atomic E-state index is 13.2. The lowest BCUT2D eigenvalue weighted by molar-refractivity contribution is 0.0690. The molecule has 4 rings (SSSR count). The van der Waals surface area contributed by atoms with Gasteiger partial charge < -0.3 is 14.4 Å². The van der Waals surface area contributed by atoms with Gasteiger partial charge >= 0.3 is 0 Å². The molecule has 1 saturated heterocycles. The Bertz CT molecular complexity index is 1090. The smallest absolute Gasteiger partial charge is 0.253 e. The van der Waals surface area contributed by atoms with E-state index < -0.39 is 10.0 Å². The van der Waals surface area contributed by atoms with E-state index in [2.05, 4.69) is 16.9 Å². The van der Waals surface area contributed by atoms with Crippen molar-refractivity contribution in [3.8, 4) is 11.5 Å². The third-order valence-corrected chi connectivity index (χ3v) is 8.50. The van der Waals surface area contributed by atoms with Crippen LogP contribution in [0.4, 0.5) is 0 Å². The SMILES string of the molecule is COc1ccc(CC2CCN(C(=O)c3ccc(OC)c(S(=O)(=O)NC4CCCC4)c3)CC2)cc1. The van der Waals surface area contributed by atoms with Gasteiger partial charge in [0.1, 0.15) is 16.4 Å². The average Bonchev–Trinajstić information content (AvgIpc) is 3.36. The standard InChI is InChI=1S/C26H34N2O5S/c1-32-23-10-7-19(8-11-23)17-20-13-15-28(16-14-20)26(29)21-9-12-24(33-2)25(18-21)34(30,31)27-22-5-3-4-6-22/h7-12,18,20,22,27H,3-6,13-17H2,1-2H3. The summed E-state index contributed by atoms with van der Waals surface area (Å²) in [5.41, 5.74) is 1.64. The number of likely N-dealkylation sites (tertiary alicyclic amines) is 1. The van der Waals surface area contributed by atoms with Gasteiger partial charge in [0.15, 0.2) is 0 Å². The topological polar surface area (TPSA) is 84.9 Å². The van der Waals surface area contributed by atoms with Gasteiger partial charge in [-0.2, -0.15) is 0 Å². The summed E-state index contributed by atoms with van der Waals surface area (Å²) in [5.74, 6) is 1.48. The molecule has 1 heterocycles. The summed E-state index contributed by atoms with van der Waals surface area (Å²) in [6.07, 6.45) is 6.54. The fraction of sp³-hybridized carbons (Fsp3) is 0.500. The first-order valence-electron chi connectivity index (χ1n) is 12.0. The number of ether oxygens (including phenoxy) is 2. The number of piperidine rings is 1. The molecule has 7 nitrogen and oxygen atoms in total. The zero-order chi connectivity index (χ0) is 24.1. The largest absolute Gasteiger partial charge is 0.497 e. The van der Waals surface area contributed by atoms with Crippen molar-refractivity contribution in [2.24, 2.45) is 5.92 Å². The highest BCUT2D eigenvalue weighted by atomic mass is 32.2. The molecule has 0 aromatic heterocycles. The van der Waals surface area contributed by atoms with Gasteiger partial charge in [-0.05, 0) is 73.9 Å². The Morgan fingerprint density at radius 3 is 2.26 bits per heavy atom. The predicted octanol–water partition coefficient (Wildman–Crippen LogP) is 4.02. The van der Waals surface area contributed by atoms with Crippen LogP contribution < -0.4 is 14.2 Å². The molecule has 8 heteroatoms. The van der Waals surface area contributed by atoms with Crippen molar-refractivity contribution in [1.82, 2.24) is 9.62 Å². The Hall–Kier alpha value is -2.58. The van der Waals surface area contributed by atoms with Crippen LogP contribution in [0.15, 0.2) is 47.4 Å². The molecular weight excluding hydrogens is 452 g/mol. The zero-order valence-corrected chi connectivity index (χ0v) is 20.8. The third-order valence-electron chi connectivity index (χ3n) is 6.96. The van der Waals surface area contributed by atoms with Gasteiger partial charge in [0, 0.05) is 24.7 Å². The minimum atomic E-state index is -3.78. The minimum absolute atomic E-state index is 0.0298. The Morgan fingerprint density at radius 1 is 0.971 bits per heavy atom. The molecule has 1 aliphatic heterocycles. The van der Waals surface area contributed by atoms with E-state index >= 15 is 0 Å². The first-order chi connectivity index (χ1) is 16.4. The van der Waals surface area contributed by atoms with Gasteiger partial charge in [-0.1, -0.05) is 25.0 Å². The molecule has 1 saturated carbocycles. The second-order valence-corrected chi connectivity index (χ2v) is 10.9. The van der Waals surface area contributed by atoms with Gasteiger partial charge in [-0.25, -0.2) is 13.1 Å². The average molecular weight is 487 g/mol. The second kappa shape index (κ2) is 10.8. The maximum Gasteiger partial charge on any atom is 0.253 e. The Balaban J connectivity index is 1.41. The van der Waals surface area contributed by atoms with E-state index in [1.54, 1.807) is 19.2 Å². The van der Waals surface area contributed by atoms with Gasteiger partial charge in [-0.15, -0.1) is 0 Å². The number of nitrogens with zero attached hydrogens (tertiary/aromatic N) is 1. The molecule has 0 bridgehead atoms. The molecule has 2 aromatic carbocycles. The van der Waals surface area contributed by atoms with Crippen molar-refractivity contribution in [2.45, 2.75) is 55.9 Å². The van der Waals surface area contributed by atoms with Crippen LogP contribution in [-0.4, -0.2) is 52.6 Å². The molecular formula is C26H34N2O5S. The molecule has 1 N–H and O–H groups in total. The lowest BCUT2D eigenvalue weighted by atomic mass is 9.90. The number of methoxy groups -OCH3 is 2. The molecule has 34 heavy (non-hydrogen) atoms. The first-order valence-corrected chi connectivity index (χ1v) is 13.5. The molecule has 2 aromatic rings. The minimum Gasteiger partial charge on any atom is -0.497 e. The van der Waals surface area contributed by atoms with E-state index in [1.807, 2.05) is 17.0 Å². The quantitative estimate of drug-likeness (QED) is 0.609. The number of nitrogens with one attached hydrogen (secondary N) is 1. The van der Waals surface area contributed by atoms with E-state index in [1.165, 1.54) is 18.7 Å². The lowest BCUT2D eigenvalue weighted by Gasteiger charge is -2.32. The number of hydrogen-bond acceptors (Lipinski definition) is 5. The van der Waals surface area contributed by atoms with Crippen LogP contribution in [0.25, 0.3) is 0 Å². The monoisotopic (exact) mass is 486 g/mol. The molecule has 1 amide bonds. The van der Waals surface area contributed by atoms with Crippen LogP contribution in [0.1, 0.15) is 54.4 Å². The van der Waals surface area contributed by atoms with Crippen LogP contribution in [-0.2, 0) is 16.4 Å². The highest BCUT2D eigenvalue weighted by Gasteiger charge is 2.29. The van der Waals surface area contributed by atoms with Gasteiger partial charge in [-0.3, -0.25) is 4.79 Å². The van der Waals surface area contributed by atoms with Gasteiger partial charge in [0.25, 0.3) is 5.91 Å². The molecule has 0 atom stereocenters. The van der Waals surface area contributed by atoms with Crippen molar-refractivity contribution in [3.63, 3.8) is 0 Å². The summed E-state index contributed by atoms with van der Waals surface area (Å²) in [6, 6.07) is 12.8. The Labute approximate surface area is 202 Å². The van der Waals surface area contributed by atoms with E-state index in [4.69, 9.17) is 9.47 Å². The van der Waals surface area contributed by atoms with Gasteiger partial charge in [0.05, 0.1) is 14.2 Å². The summed E-state index contributed by atoms with van der Waals surface area (Å²) in [6.45, 7) is 1.32. The molecule has 184 valence electrons. The Morgan fingerprint density at radius 2 is 1.65 bits per heavy atom. The van der Waals surface area contributed by atoms with E-state index in [0.29, 0.717) is 24.6 Å². The van der Waals surface area contributed by atoms with Crippen LogP contribution >= 0.6 is 0 Å². The summed E-state index contributed by atoms with van der Waals surface area (Å²) in [7, 11) is -0.671. The fourth-order valence-electron chi connectivity index (χ4n) is 4.96. The first kappa shape index (κ1) is 24.5. The summed E-state index contributed by atoms with van der Waals surface area (Å²) in [4.78, 5) is 15.1. The van der Waals surface area contributed by atoms with Crippen LogP contribution in [0, 0.1) is 5.92 Å². The Kier molecular flexibility index (Phi) is 7.78. The normalized spacial score (nSPS) is 17.6. The number of carbonyl (C=O) groups excluding carboxylic acids is 1. The van der Waals surface area contributed by atoms with E-state index in [0.717, 1.165) is 50.7 Å². The zero-order valence-electron chi connectivity index (χ0n) is 20.0.